The summed E-state index contributed by atoms with van der Waals surface area (Å²) in [5.74, 6) is 0. The van der Waals surface area contributed by atoms with Crippen molar-refractivity contribution in [3.05, 3.63) is 0 Å². The van der Waals surface area contributed by atoms with Crippen molar-refractivity contribution in [2.24, 2.45) is 11.5 Å². The fraction of sp³-hybridized carbons (Fsp3) is 1.00. The SMILES string of the molecule is NCCC(N)F. The Hall–Kier alpha value is -0.150. The van der Waals surface area contributed by atoms with Gasteiger partial charge in [-0.2, -0.15) is 0 Å². The van der Waals surface area contributed by atoms with Crippen LogP contribution in [0, 0.1) is 0 Å². The normalized spacial score (nSPS) is 14.5. The van der Waals surface area contributed by atoms with Gasteiger partial charge in [-0.05, 0) is 6.54 Å². The summed E-state index contributed by atoms with van der Waals surface area (Å²) in [5.41, 5.74) is 9.57. The molecule has 4 N–H and O–H groups in total. The van der Waals surface area contributed by atoms with Crippen molar-refractivity contribution in [2.45, 2.75) is 12.7 Å². The van der Waals surface area contributed by atoms with Gasteiger partial charge in [0.1, 0.15) is 6.30 Å². The van der Waals surface area contributed by atoms with Crippen LogP contribution in [0.5, 0.6) is 0 Å². The van der Waals surface area contributed by atoms with Crippen LogP contribution in [-0.4, -0.2) is 12.8 Å². The van der Waals surface area contributed by atoms with Crippen LogP contribution >= 0.6 is 0 Å². The maximum atomic E-state index is 11.4. The van der Waals surface area contributed by atoms with E-state index in [4.69, 9.17) is 5.73 Å². The largest absolute Gasteiger partial charge is 0.330 e. The van der Waals surface area contributed by atoms with Gasteiger partial charge in [-0.25, -0.2) is 4.39 Å². The molecule has 38 valence electrons. The van der Waals surface area contributed by atoms with E-state index in [1.807, 2.05) is 0 Å². The second-order valence-corrected chi connectivity index (χ2v) is 1.09. The zero-order chi connectivity index (χ0) is 4.99. The lowest BCUT2D eigenvalue weighted by Crippen LogP contribution is -2.17. The van der Waals surface area contributed by atoms with Crippen LogP contribution in [-0.2, 0) is 0 Å². The highest BCUT2D eigenvalue weighted by molar-refractivity contribution is 4.42. The Kier molecular flexibility index (Phi) is 2.98. The zero-order valence-corrected chi connectivity index (χ0v) is 3.52. The third-order valence-corrected chi connectivity index (χ3v) is 0.442. The highest BCUT2D eigenvalue weighted by Crippen LogP contribution is 1.81. The second kappa shape index (κ2) is 3.06. The first kappa shape index (κ1) is 5.85. The molecule has 0 aliphatic heterocycles. The molecule has 0 spiro atoms. The summed E-state index contributed by atoms with van der Waals surface area (Å²) in [6, 6.07) is 0. The lowest BCUT2D eigenvalue weighted by Gasteiger charge is -1.92. The first-order valence-corrected chi connectivity index (χ1v) is 1.87. The molecule has 0 saturated carbocycles. The van der Waals surface area contributed by atoms with Gasteiger partial charge in [0.2, 0.25) is 0 Å². The molecule has 1 atom stereocenters. The highest BCUT2D eigenvalue weighted by atomic mass is 19.1. The summed E-state index contributed by atoms with van der Waals surface area (Å²) in [6.07, 6.45) is -0.963. The average Bonchev–Trinajstić information content (AvgIpc) is 1.35. The molecule has 0 aliphatic carbocycles. The predicted octanol–water partition coefficient (Wildman–Crippen LogP) is -0.411. The van der Waals surface area contributed by atoms with Gasteiger partial charge in [0.25, 0.3) is 0 Å². The molecule has 0 bridgehead atoms. The molecule has 0 saturated heterocycles. The summed E-state index contributed by atoms with van der Waals surface area (Å²) in [5, 5.41) is 0. The predicted molar refractivity (Wildman–Crippen MR) is 22.8 cm³/mol. The summed E-state index contributed by atoms with van der Waals surface area (Å²) in [6.45, 7) is 0.331. The van der Waals surface area contributed by atoms with Crippen LogP contribution in [0.25, 0.3) is 0 Å². The van der Waals surface area contributed by atoms with Crippen LogP contribution in [0.4, 0.5) is 4.39 Å². The van der Waals surface area contributed by atoms with Crippen LogP contribution in [0.1, 0.15) is 6.42 Å². The minimum atomic E-state index is -1.23. The number of nitrogens with two attached hydrogens (primary N) is 2. The van der Waals surface area contributed by atoms with Gasteiger partial charge >= 0.3 is 0 Å². The number of hydrogen-bond acceptors (Lipinski definition) is 2. The van der Waals surface area contributed by atoms with Crippen molar-refractivity contribution >= 4 is 0 Å². The molecule has 0 aromatic carbocycles. The Balaban J connectivity index is 2.63. The quantitative estimate of drug-likeness (QED) is 0.455. The first-order valence-electron chi connectivity index (χ1n) is 1.87. The standard InChI is InChI=1S/C3H9FN2/c4-3(6)1-2-5/h3H,1-2,5-6H2. The first-order chi connectivity index (χ1) is 2.77. The Bertz CT molecular complexity index is 30.0. The van der Waals surface area contributed by atoms with E-state index in [1.54, 1.807) is 0 Å². The van der Waals surface area contributed by atoms with Crippen molar-refractivity contribution in [1.29, 1.82) is 0 Å². The molecule has 1 unspecified atom stereocenters. The number of hydrogen-bond donors (Lipinski definition) is 2. The van der Waals surface area contributed by atoms with Crippen molar-refractivity contribution < 1.29 is 4.39 Å². The number of rotatable bonds is 2. The molecule has 0 aromatic rings. The van der Waals surface area contributed by atoms with Gasteiger partial charge in [-0.1, -0.05) is 0 Å². The fourth-order valence-electron chi connectivity index (χ4n) is 0.159. The maximum Gasteiger partial charge on any atom is 0.149 e. The average molecular weight is 92.1 g/mol. The monoisotopic (exact) mass is 92.1 g/mol. The molecule has 0 rings (SSSR count). The van der Waals surface area contributed by atoms with Gasteiger partial charge in [0, 0.05) is 6.42 Å². The number of alkyl halides is 1. The van der Waals surface area contributed by atoms with Crippen molar-refractivity contribution in [2.75, 3.05) is 6.54 Å². The third-order valence-electron chi connectivity index (χ3n) is 0.442. The van der Waals surface area contributed by atoms with E-state index in [0.29, 0.717) is 6.54 Å². The Labute approximate surface area is 36.3 Å². The van der Waals surface area contributed by atoms with E-state index in [2.05, 4.69) is 5.73 Å². The summed E-state index contributed by atoms with van der Waals surface area (Å²) in [7, 11) is 0. The zero-order valence-electron chi connectivity index (χ0n) is 3.52. The van der Waals surface area contributed by atoms with Crippen LogP contribution in [0.2, 0.25) is 0 Å². The minimum Gasteiger partial charge on any atom is -0.330 e. The Morgan fingerprint density at radius 1 is 1.67 bits per heavy atom. The van der Waals surface area contributed by atoms with E-state index in [-0.39, 0.29) is 6.42 Å². The highest BCUT2D eigenvalue weighted by Gasteiger charge is 1.90. The lowest BCUT2D eigenvalue weighted by molar-refractivity contribution is 0.328. The molecular formula is C3H9FN2. The third kappa shape index (κ3) is 3.85. The van der Waals surface area contributed by atoms with E-state index in [9.17, 15) is 4.39 Å². The molecule has 0 aromatic heterocycles. The molecule has 2 nitrogen and oxygen atoms in total. The van der Waals surface area contributed by atoms with E-state index in [1.165, 1.54) is 0 Å². The van der Waals surface area contributed by atoms with Crippen LogP contribution < -0.4 is 11.5 Å². The van der Waals surface area contributed by atoms with Gasteiger partial charge in [0.05, 0.1) is 0 Å². The maximum absolute atomic E-state index is 11.4. The second-order valence-electron chi connectivity index (χ2n) is 1.09. The van der Waals surface area contributed by atoms with Gasteiger partial charge in [-0.15, -0.1) is 0 Å². The van der Waals surface area contributed by atoms with Gasteiger partial charge in [0.15, 0.2) is 0 Å². The van der Waals surface area contributed by atoms with Gasteiger partial charge < -0.3 is 11.5 Å². The van der Waals surface area contributed by atoms with Crippen LogP contribution in [0.15, 0.2) is 0 Å². The van der Waals surface area contributed by atoms with E-state index >= 15 is 0 Å². The van der Waals surface area contributed by atoms with Gasteiger partial charge in [-0.3, -0.25) is 0 Å². The van der Waals surface area contributed by atoms with Crippen molar-refractivity contribution in [1.82, 2.24) is 0 Å². The van der Waals surface area contributed by atoms with Crippen LogP contribution in [0.3, 0.4) is 0 Å². The van der Waals surface area contributed by atoms with E-state index < -0.39 is 6.30 Å². The topological polar surface area (TPSA) is 52.0 Å². The smallest absolute Gasteiger partial charge is 0.149 e. The van der Waals surface area contributed by atoms with E-state index in [0.717, 1.165) is 0 Å². The molecule has 0 aliphatic rings. The fourth-order valence-corrected chi connectivity index (χ4v) is 0.159. The summed E-state index contributed by atoms with van der Waals surface area (Å²) in [4.78, 5) is 0. The molecule has 6 heavy (non-hydrogen) atoms. The minimum absolute atomic E-state index is 0.264. The molecule has 0 heterocycles. The lowest BCUT2D eigenvalue weighted by atomic mass is 10.4. The molecule has 3 heteroatoms. The van der Waals surface area contributed by atoms with Crippen molar-refractivity contribution in [3.8, 4) is 0 Å². The molecular weight excluding hydrogens is 83.0 g/mol. The number of halogens is 1. The van der Waals surface area contributed by atoms with Crippen molar-refractivity contribution in [3.63, 3.8) is 0 Å². The summed E-state index contributed by atoms with van der Waals surface area (Å²) >= 11 is 0. The molecule has 0 radical (unpaired) electrons. The molecule has 0 fully saturated rings. The molecule has 0 amide bonds. The summed E-state index contributed by atoms with van der Waals surface area (Å²) < 4.78 is 11.4. The Morgan fingerprint density at radius 2 is 2.17 bits per heavy atom. The Morgan fingerprint density at radius 3 is 2.17 bits per heavy atom.